The number of hydrogen-bond acceptors (Lipinski definition) is 4. The molecule has 0 unspecified atom stereocenters. The van der Waals surface area contributed by atoms with E-state index in [2.05, 4.69) is 10.4 Å². The molecule has 2 N–H and O–H groups in total. The molecule has 3 rings (SSSR count). The summed E-state index contributed by atoms with van der Waals surface area (Å²) in [5, 5.41) is 16.9. The molecule has 2 heterocycles. The third-order valence-electron chi connectivity index (χ3n) is 4.56. The summed E-state index contributed by atoms with van der Waals surface area (Å²) in [6.07, 6.45) is 1.59. The summed E-state index contributed by atoms with van der Waals surface area (Å²) in [7, 11) is 0. The lowest BCUT2D eigenvalue weighted by Crippen LogP contribution is -2.23. The molecule has 1 aliphatic heterocycles. The first kappa shape index (κ1) is 16.5. The van der Waals surface area contributed by atoms with Crippen molar-refractivity contribution in [3.63, 3.8) is 0 Å². The third-order valence-corrected chi connectivity index (χ3v) is 4.56. The zero-order valence-corrected chi connectivity index (χ0v) is 14.2. The van der Waals surface area contributed by atoms with Gasteiger partial charge < -0.3 is 15.3 Å². The van der Waals surface area contributed by atoms with Crippen molar-refractivity contribution in [2.75, 3.05) is 23.4 Å². The van der Waals surface area contributed by atoms with Crippen molar-refractivity contribution in [2.24, 2.45) is 0 Å². The van der Waals surface area contributed by atoms with Crippen molar-refractivity contribution in [1.29, 1.82) is 0 Å². The van der Waals surface area contributed by atoms with Crippen LogP contribution in [0.2, 0.25) is 0 Å². The van der Waals surface area contributed by atoms with Crippen molar-refractivity contribution in [2.45, 2.75) is 39.8 Å². The van der Waals surface area contributed by atoms with E-state index >= 15 is 0 Å². The Morgan fingerprint density at radius 3 is 2.62 bits per heavy atom. The molecule has 0 saturated carbocycles. The minimum atomic E-state index is 0.0888. The van der Waals surface area contributed by atoms with E-state index in [0.717, 1.165) is 41.3 Å². The van der Waals surface area contributed by atoms with Crippen LogP contribution in [0.1, 0.15) is 29.8 Å². The maximum atomic E-state index is 11.8. The van der Waals surface area contributed by atoms with Gasteiger partial charge in [0.25, 0.3) is 0 Å². The highest BCUT2D eigenvalue weighted by molar-refractivity contribution is 5.95. The number of hydrogen-bond donors (Lipinski definition) is 2. The molecule has 1 aromatic carbocycles. The summed E-state index contributed by atoms with van der Waals surface area (Å²) in [5.41, 5.74) is 5.19. The third kappa shape index (κ3) is 3.28. The van der Waals surface area contributed by atoms with Gasteiger partial charge in [0.15, 0.2) is 0 Å². The molecular weight excluding hydrogens is 304 g/mol. The van der Waals surface area contributed by atoms with E-state index in [1.165, 1.54) is 0 Å². The number of carbonyl (C=O) groups is 1. The van der Waals surface area contributed by atoms with Gasteiger partial charge in [0.1, 0.15) is 0 Å². The summed E-state index contributed by atoms with van der Waals surface area (Å²) < 4.78 is 1.84. The van der Waals surface area contributed by atoms with Crippen LogP contribution in [0.15, 0.2) is 24.3 Å². The predicted molar refractivity (Wildman–Crippen MR) is 94.1 cm³/mol. The van der Waals surface area contributed by atoms with Gasteiger partial charge in [-0.05, 0) is 44.5 Å². The zero-order chi connectivity index (χ0) is 17.1. The van der Waals surface area contributed by atoms with E-state index < -0.39 is 0 Å². The van der Waals surface area contributed by atoms with Crippen molar-refractivity contribution in [3.05, 3.63) is 41.2 Å². The van der Waals surface area contributed by atoms with Gasteiger partial charge in [-0.25, -0.2) is 0 Å². The highest BCUT2D eigenvalue weighted by Crippen LogP contribution is 2.23. The van der Waals surface area contributed by atoms with Crippen molar-refractivity contribution in [1.82, 2.24) is 9.78 Å². The molecule has 0 atom stereocenters. The molecule has 0 aliphatic carbocycles. The predicted octanol–water partition coefficient (Wildman–Crippen LogP) is 2.23. The lowest BCUT2D eigenvalue weighted by atomic mass is 10.2. The fourth-order valence-electron chi connectivity index (χ4n) is 3.17. The SMILES string of the molecule is Cc1nn(CCO)c(C)c1CNc1ccc(N2CCCC2=O)cc1. The second kappa shape index (κ2) is 7.05. The van der Waals surface area contributed by atoms with Crippen molar-refractivity contribution in [3.8, 4) is 0 Å². The van der Waals surface area contributed by atoms with Crippen LogP contribution in [0.3, 0.4) is 0 Å². The van der Waals surface area contributed by atoms with E-state index in [1.807, 2.05) is 47.7 Å². The van der Waals surface area contributed by atoms with Gasteiger partial charge in [-0.2, -0.15) is 5.10 Å². The smallest absolute Gasteiger partial charge is 0.227 e. The first-order valence-electron chi connectivity index (χ1n) is 8.38. The average molecular weight is 328 g/mol. The van der Waals surface area contributed by atoms with Gasteiger partial charge in [-0.1, -0.05) is 0 Å². The number of aliphatic hydroxyl groups excluding tert-OH is 1. The molecule has 1 saturated heterocycles. The van der Waals surface area contributed by atoms with Crippen molar-refractivity contribution < 1.29 is 9.90 Å². The van der Waals surface area contributed by atoms with Crippen LogP contribution in [0.4, 0.5) is 11.4 Å². The number of carbonyl (C=O) groups excluding carboxylic acids is 1. The molecule has 6 nitrogen and oxygen atoms in total. The molecule has 2 aromatic rings. The molecule has 0 bridgehead atoms. The molecule has 0 spiro atoms. The number of aromatic nitrogens is 2. The Kier molecular flexibility index (Phi) is 4.85. The summed E-state index contributed by atoms with van der Waals surface area (Å²) in [6, 6.07) is 7.98. The van der Waals surface area contributed by atoms with E-state index in [4.69, 9.17) is 5.11 Å². The van der Waals surface area contributed by atoms with Crippen LogP contribution < -0.4 is 10.2 Å². The standard InChI is InChI=1S/C18H24N4O2/c1-13-17(14(2)22(20-13)10-11-23)12-19-15-5-7-16(8-6-15)21-9-3-4-18(21)24/h5-8,19,23H,3-4,9-12H2,1-2H3. The van der Waals surface area contributed by atoms with Crippen LogP contribution in [0, 0.1) is 13.8 Å². The quantitative estimate of drug-likeness (QED) is 0.853. The van der Waals surface area contributed by atoms with Crippen LogP contribution in [-0.2, 0) is 17.9 Å². The maximum Gasteiger partial charge on any atom is 0.227 e. The largest absolute Gasteiger partial charge is 0.394 e. The molecule has 0 radical (unpaired) electrons. The van der Waals surface area contributed by atoms with Gasteiger partial charge in [-0.15, -0.1) is 0 Å². The Labute approximate surface area is 142 Å². The number of nitrogens with zero attached hydrogens (tertiary/aromatic N) is 3. The number of aryl methyl sites for hydroxylation is 1. The number of nitrogens with one attached hydrogen (secondary N) is 1. The Hall–Kier alpha value is -2.34. The van der Waals surface area contributed by atoms with E-state index in [0.29, 0.717) is 19.5 Å². The fraction of sp³-hybridized carbons (Fsp3) is 0.444. The Bertz CT molecular complexity index is 721. The monoisotopic (exact) mass is 328 g/mol. The maximum absolute atomic E-state index is 11.8. The Morgan fingerprint density at radius 2 is 2.00 bits per heavy atom. The molecular formula is C18H24N4O2. The number of anilines is 2. The number of benzene rings is 1. The van der Waals surface area contributed by atoms with E-state index in [9.17, 15) is 4.79 Å². The van der Waals surface area contributed by atoms with Gasteiger partial charge >= 0.3 is 0 Å². The second-order valence-corrected chi connectivity index (χ2v) is 6.15. The highest BCUT2D eigenvalue weighted by atomic mass is 16.3. The van der Waals surface area contributed by atoms with Gasteiger partial charge in [0.2, 0.25) is 5.91 Å². The first-order valence-corrected chi connectivity index (χ1v) is 8.38. The van der Waals surface area contributed by atoms with Crippen LogP contribution in [0.5, 0.6) is 0 Å². The van der Waals surface area contributed by atoms with Crippen LogP contribution in [0.25, 0.3) is 0 Å². The zero-order valence-electron chi connectivity index (χ0n) is 14.2. The molecule has 1 aliphatic rings. The fourth-order valence-corrected chi connectivity index (χ4v) is 3.17. The first-order chi connectivity index (χ1) is 11.6. The molecule has 1 aromatic heterocycles. The van der Waals surface area contributed by atoms with Gasteiger partial charge in [0.05, 0.1) is 18.8 Å². The van der Waals surface area contributed by atoms with E-state index in [1.54, 1.807) is 0 Å². The average Bonchev–Trinajstić information content (AvgIpc) is 3.11. The molecule has 24 heavy (non-hydrogen) atoms. The summed E-state index contributed by atoms with van der Waals surface area (Å²) in [4.78, 5) is 13.6. The normalized spacial score (nSPS) is 14.5. The Balaban J connectivity index is 1.66. The minimum Gasteiger partial charge on any atom is -0.394 e. The minimum absolute atomic E-state index is 0.0888. The molecule has 128 valence electrons. The molecule has 1 amide bonds. The number of aliphatic hydroxyl groups is 1. The summed E-state index contributed by atoms with van der Waals surface area (Å²) in [6.45, 7) is 6.12. The lowest BCUT2D eigenvalue weighted by molar-refractivity contribution is -0.117. The second-order valence-electron chi connectivity index (χ2n) is 6.15. The number of amides is 1. The van der Waals surface area contributed by atoms with Gasteiger partial charge in [-0.3, -0.25) is 9.48 Å². The summed E-state index contributed by atoms with van der Waals surface area (Å²) in [5.74, 6) is 0.207. The molecule has 6 heteroatoms. The topological polar surface area (TPSA) is 70.4 Å². The van der Waals surface area contributed by atoms with E-state index in [-0.39, 0.29) is 12.5 Å². The van der Waals surface area contributed by atoms with Crippen LogP contribution in [-0.4, -0.2) is 33.9 Å². The Morgan fingerprint density at radius 1 is 1.25 bits per heavy atom. The van der Waals surface area contributed by atoms with Crippen LogP contribution >= 0.6 is 0 Å². The number of rotatable bonds is 6. The van der Waals surface area contributed by atoms with Crippen molar-refractivity contribution >= 4 is 17.3 Å². The summed E-state index contributed by atoms with van der Waals surface area (Å²) >= 11 is 0. The highest BCUT2D eigenvalue weighted by Gasteiger charge is 2.21. The lowest BCUT2D eigenvalue weighted by Gasteiger charge is -2.16. The van der Waals surface area contributed by atoms with Gasteiger partial charge in [0, 0.05) is 42.1 Å². The molecule has 1 fully saturated rings.